The topological polar surface area (TPSA) is 62.2 Å². The van der Waals surface area contributed by atoms with Crippen LogP contribution in [0.25, 0.3) is 21.3 Å². The van der Waals surface area contributed by atoms with E-state index >= 15 is 0 Å². The zero-order valence-electron chi connectivity index (χ0n) is 17.7. The van der Waals surface area contributed by atoms with E-state index in [0.29, 0.717) is 22.9 Å². The summed E-state index contributed by atoms with van der Waals surface area (Å²) in [7, 11) is 4.07. The summed E-state index contributed by atoms with van der Waals surface area (Å²) in [6, 6.07) is 11.8. The predicted octanol–water partition coefficient (Wildman–Crippen LogP) is 4.45. The van der Waals surface area contributed by atoms with Crippen molar-refractivity contribution in [2.75, 3.05) is 32.1 Å². The van der Waals surface area contributed by atoms with Gasteiger partial charge in [0.2, 0.25) is 0 Å². The molecular weight excluding hydrogens is 394 g/mol. The standard InChI is InChI=1S/C23H25N5OS/c1-15-10-11-20-21(16(15)2)26-23(30-20)28(13-7-12-27(3)4)22(29)19-14-24-17-8-5-6-9-18(17)25-19/h5-6,8-11,14H,7,12-13H2,1-4H3. The number of hydrogen-bond acceptors (Lipinski definition) is 6. The number of fused-ring (bicyclic) bond motifs is 2. The minimum absolute atomic E-state index is 0.166. The van der Waals surface area contributed by atoms with Crippen LogP contribution in [-0.2, 0) is 0 Å². The maximum absolute atomic E-state index is 13.5. The number of aryl methyl sites for hydroxylation is 2. The highest BCUT2D eigenvalue weighted by Gasteiger charge is 2.23. The van der Waals surface area contributed by atoms with Crippen molar-refractivity contribution >= 4 is 43.6 Å². The fourth-order valence-corrected chi connectivity index (χ4v) is 4.41. The van der Waals surface area contributed by atoms with Gasteiger partial charge in [0.05, 0.1) is 27.4 Å². The maximum Gasteiger partial charge on any atom is 0.280 e. The summed E-state index contributed by atoms with van der Waals surface area (Å²) in [6.07, 6.45) is 2.40. The number of aromatic nitrogens is 3. The molecule has 4 aromatic rings. The van der Waals surface area contributed by atoms with E-state index in [2.05, 4.69) is 40.8 Å². The van der Waals surface area contributed by atoms with Crippen LogP contribution in [0, 0.1) is 13.8 Å². The Morgan fingerprint density at radius 1 is 1.00 bits per heavy atom. The molecule has 0 N–H and O–H groups in total. The third-order valence-corrected chi connectivity index (χ3v) is 6.25. The molecule has 0 spiro atoms. The molecule has 1 amide bonds. The fraction of sp³-hybridized carbons (Fsp3) is 0.304. The zero-order chi connectivity index (χ0) is 21.3. The van der Waals surface area contributed by atoms with Gasteiger partial charge >= 0.3 is 0 Å². The lowest BCUT2D eigenvalue weighted by molar-refractivity contribution is 0.0981. The number of hydrogen-bond donors (Lipinski definition) is 0. The second-order valence-corrected chi connectivity index (χ2v) is 8.72. The molecule has 4 rings (SSSR count). The first-order valence-corrected chi connectivity index (χ1v) is 10.8. The first kappa shape index (κ1) is 20.4. The van der Waals surface area contributed by atoms with Gasteiger partial charge in [-0.05, 0) is 70.2 Å². The average Bonchev–Trinajstić information content (AvgIpc) is 3.17. The summed E-state index contributed by atoms with van der Waals surface area (Å²) in [5, 5.41) is 0.706. The first-order valence-electron chi connectivity index (χ1n) is 9.99. The predicted molar refractivity (Wildman–Crippen MR) is 123 cm³/mol. The van der Waals surface area contributed by atoms with Crippen LogP contribution in [0.2, 0.25) is 0 Å². The van der Waals surface area contributed by atoms with Gasteiger partial charge in [0.1, 0.15) is 5.69 Å². The minimum Gasteiger partial charge on any atom is -0.309 e. The number of para-hydroxylation sites is 2. The Balaban J connectivity index is 1.73. The monoisotopic (exact) mass is 419 g/mol. The number of rotatable bonds is 6. The van der Waals surface area contributed by atoms with Crippen LogP contribution < -0.4 is 4.90 Å². The molecule has 0 bridgehead atoms. The molecule has 0 radical (unpaired) electrons. The van der Waals surface area contributed by atoms with Gasteiger partial charge in [-0.15, -0.1) is 0 Å². The average molecular weight is 420 g/mol. The van der Waals surface area contributed by atoms with E-state index < -0.39 is 0 Å². The number of carbonyl (C=O) groups excluding carboxylic acids is 1. The van der Waals surface area contributed by atoms with E-state index in [1.54, 1.807) is 22.4 Å². The quantitative estimate of drug-likeness (QED) is 0.462. The van der Waals surface area contributed by atoms with E-state index in [1.807, 2.05) is 38.4 Å². The second kappa shape index (κ2) is 8.45. The van der Waals surface area contributed by atoms with Gasteiger partial charge in [-0.3, -0.25) is 14.7 Å². The molecule has 0 fully saturated rings. The third kappa shape index (κ3) is 4.04. The lowest BCUT2D eigenvalue weighted by atomic mass is 10.1. The number of anilines is 1. The minimum atomic E-state index is -0.166. The van der Waals surface area contributed by atoms with Crippen molar-refractivity contribution in [3.8, 4) is 0 Å². The third-order valence-electron chi connectivity index (χ3n) is 5.20. The number of carbonyl (C=O) groups is 1. The normalized spacial score (nSPS) is 11.5. The molecule has 154 valence electrons. The molecule has 2 aromatic heterocycles. The van der Waals surface area contributed by atoms with E-state index in [-0.39, 0.29) is 5.91 Å². The van der Waals surface area contributed by atoms with Crippen molar-refractivity contribution in [3.05, 3.63) is 59.4 Å². The smallest absolute Gasteiger partial charge is 0.280 e. The van der Waals surface area contributed by atoms with Gasteiger partial charge in [0, 0.05) is 6.54 Å². The Bertz CT molecular complexity index is 1220. The molecule has 0 aliphatic rings. The Kier molecular flexibility index (Phi) is 5.74. The van der Waals surface area contributed by atoms with Crippen molar-refractivity contribution in [1.82, 2.24) is 19.9 Å². The van der Waals surface area contributed by atoms with Gasteiger partial charge in [-0.2, -0.15) is 0 Å². The van der Waals surface area contributed by atoms with Crippen LogP contribution in [0.3, 0.4) is 0 Å². The van der Waals surface area contributed by atoms with Crippen molar-refractivity contribution in [2.24, 2.45) is 0 Å². The van der Waals surface area contributed by atoms with E-state index in [4.69, 9.17) is 4.98 Å². The van der Waals surface area contributed by atoms with Crippen LogP contribution in [0.15, 0.2) is 42.6 Å². The first-order chi connectivity index (χ1) is 14.4. The molecule has 0 saturated heterocycles. The highest BCUT2D eigenvalue weighted by molar-refractivity contribution is 7.22. The highest BCUT2D eigenvalue weighted by atomic mass is 32.1. The summed E-state index contributed by atoms with van der Waals surface area (Å²) in [5.74, 6) is -0.166. The lowest BCUT2D eigenvalue weighted by Crippen LogP contribution is -2.34. The molecule has 2 heterocycles. The lowest BCUT2D eigenvalue weighted by Gasteiger charge is -2.20. The Hall–Kier alpha value is -2.90. The van der Waals surface area contributed by atoms with Crippen molar-refractivity contribution < 1.29 is 4.79 Å². The van der Waals surface area contributed by atoms with Crippen LogP contribution in [-0.4, -0.2) is 52.9 Å². The molecule has 30 heavy (non-hydrogen) atoms. The van der Waals surface area contributed by atoms with Gasteiger partial charge in [0.25, 0.3) is 5.91 Å². The van der Waals surface area contributed by atoms with E-state index in [0.717, 1.165) is 34.3 Å². The summed E-state index contributed by atoms with van der Waals surface area (Å²) in [4.78, 5) is 31.2. The second-order valence-electron chi connectivity index (χ2n) is 7.71. The number of nitrogens with zero attached hydrogens (tertiary/aromatic N) is 5. The van der Waals surface area contributed by atoms with Crippen LogP contribution in [0.4, 0.5) is 5.13 Å². The van der Waals surface area contributed by atoms with Gasteiger partial charge < -0.3 is 4.90 Å². The molecule has 0 unspecified atom stereocenters. The molecule has 2 aromatic carbocycles. The largest absolute Gasteiger partial charge is 0.309 e. The molecule has 0 aliphatic carbocycles. The Morgan fingerprint density at radius 2 is 1.77 bits per heavy atom. The van der Waals surface area contributed by atoms with Gasteiger partial charge in [-0.25, -0.2) is 9.97 Å². The number of amides is 1. The molecular formula is C23H25N5OS. The summed E-state index contributed by atoms with van der Waals surface area (Å²) in [5.41, 5.74) is 5.15. The molecule has 7 heteroatoms. The van der Waals surface area contributed by atoms with Crippen molar-refractivity contribution in [1.29, 1.82) is 0 Å². The molecule has 6 nitrogen and oxygen atoms in total. The summed E-state index contributed by atoms with van der Waals surface area (Å²) in [6.45, 7) is 5.62. The summed E-state index contributed by atoms with van der Waals surface area (Å²) < 4.78 is 1.09. The summed E-state index contributed by atoms with van der Waals surface area (Å²) >= 11 is 1.55. The Morgan fingerprint density at radius 3 is 2.53 bits per heavy atom. The number of benzene rings is 2. The zero-order valence-corrected chi connectivity index (χ0v) is 18.5. The molecule has 0 atom stereocenters. The maximum atomic E-state index is 13.5. The number of thiazole rings is 1. The van der Waals surface area contributed by atoms with Gasteiger partial charge in [-0.1, -0.05) is 29.5 Å². The highest BCUT2D eigenvalue weighted by Crippen LogP contribution is 2.32. The molecule has 0 saturated carbocycles. The fourth-order valence-electron chi connectivity index (χ4n) is 3.36. The van der Waals surface area contributed by atoms with E-state index in [9.17, 15) is 4.79 Å². The van der Waals surface area contributed by atoms with Crippen LogP contribution >= 0.6 is 11.3 Å². The SMILES string of the molecule is Cc1ccc2sc(N(CCCN(C)C)C(=O)c3cnc4ccccc4n3)nc2c1C. The van der Waals surface area contributed by atoms with Crippen LogP contribution in [0.1, 0.15) is 28.0 Å². The van der Waals surface area contributed by atoms with Crippen molar-refractivity contribution in [2.45, 2.75) is 20.3 Å². The van der Waals surface area contributed by atoms with Crippen molar-refractivity contribution in [3.63, 3.8) is 0 Å². The molecule has 0 aliphatic heterocycles. The Labute approximate surface area is 180 Å². The van der Waals surface area contributed by atoms with E-state index in [1.165, 1.54) is 5.56 Å². The van der Waals surface area contributed by atoms with Gasteiger partial charge in [0.15, 0.2) is 5.13 Å². The van der Waals surface area contributed by atoms with Crippen LogP contribution in [0.5, 0.6) is 0 Å².